The summed E-state index contributed by atoms with van der Waals surface area (Å²) in [7, 11) is 2.11. The molecule has 1 atom stereocenters. The number of hydrogen-bond donors (Lipinski definition) is 1. The summed E-state index contributed by atoms with van der Waals surface area (Å²) in [5.74, 6) is -0.318. The molecule has 1 fully saturated rings. The van der Waals surface area contributed by atoms with Gasteiger partial charge in [-0.1, -0.05) is 18.7 Å². The fourth-order valence-electron chi connectivity index (χ4n) is 4.48. The van der Waals surface area contributed by atoms with Crippen LogP contribution in [0.5, 0.6) is 0 Å². The van der Waals surface area contributed by atoms with E-state index in [4.69, 9.17) is 4.79 Å². The summed E-state index contributed by atoms with van der Waals surface area (Å²) in [4.78, 5) is 36.5. The summed E-state index contributed by atoms with van der Waals surface area (Å²) >= 11 is 0. The maximum atomic E-state index is 12.9. The van der Waals surface area contributed by atoms with Crippen molar-refractivity contribution in [2.24, 2.45) is 0 Å². The van der Waals surface area contributed by atoms with Crippen molar-refractivity contribution in [1.29, 1.82) is 0 Å². The molecule has 0 aliphatic carbocycles. The molecule has 1 amide bonds. The average molecular weight is 534 g/mol. The highest BCUT2D eigenvalue weighted by Gasteiger charge is 2.31. The van der Waals surface area contributed by atoms with Crippen LogP contribution in [0, 0.1) is 0 Å². The van der Waals surface area contributed by atoms with Crippen molar-refractivity contribution in [3.63, 3.8) is 0 Å². The summed E-state index contributed by atoms with van der Waals surface area (Å²) in [6.45, 7) is 5.11. The molecule has 1 saturated heterocycles. The second kappa shape index (κ2) is 12.0. The minimum absolute atomic E-state index is 0.158. The molecule has 2 aromatic heterocycles. The van der Waals surface area contributed by atoms with Gasteiger partial charge in [-0.25, -0.2) is 15.0 Å². The Morgan fingerprint density at radius 1 is 1.10 bits per heavy atom. The largest absolute Gasteiger partial charge is 0.416 e. The van der Waals surface area contributed by atoms with Crippen LogP contribution in [-0.2, 0) is 11.0 Å². The summed E-state index contributed by atoms with van der Waals surface area (Å²) in [5, 5.41) is 3.38. The normalized spacial score (nSPS) is 15.3. The van der Waals surface area contributed by atoms with Crippen molar-refractivity contribution in [3.05, 3.63) is 96.6 Å². The van der Waals surface area contributed by atoms with Crippen LogP contribution < -0.4 is 5.32 Å². The monoisotopic (exact) mass is 533 g/mol. The Morgan fingerprint density at radius 2 is 1.85 bits per heavy atom. The van der Waals surface area contributed by atoms with Crippen LogP contribution in [0.2, 0.25) is 0 Å². The van der Waals surface area contributed by atoms with Gasteiger partial charge in [-0.3, -0.25) is 9.59 Å². The van der Waals surface area contributed by atoms with Gasteiger partial charge in [-0.2, -0.15) is 13.2 Å². The van der Waals surface area contributed by atoms with E-state index in [9.17, 15) is 18.0 Å². The topological polar surface area (TPSA) is 88.1 Å². The molecule has 3 heterocycles. The SMILES string of the molecule is C=CC=O.CN1CCC(c2cc(-c3ccc(C(=O)Nc4cc(C(F)(F)F)ccn4)cc3)cc3cncnc23)C1. The fraction of sp³-hybridized carbons (Fsp3) is 0.207. The highest BCUT2D eigenvalue weighted by atomic mass is 19.4. The number of carbonyl (C=O) groups is 2. The highest BCUT2D eigenvalue weighted by Crippen LogP contribution is 2.35. The van der Waals surface area contributed by atoms with Gasteiger partial charge in [0.2, 0.25) is 0 Å². The third-order valence-corrected chi connectivity index (χ3v) is 6.37. The van der Waals surface area contributed by atoms with Crippen LogP contribution in [0.4, 0.5) is 19.0 Å². The van der Waals surface area contributed by atoms with Gasteiger partial charge >= 0.3 is 6.18 Å². The van der Waals surface area contributed by atoms with Crippen molar-refractivity contribution in [2.75, 3.05) is 25.5 Å². The first kappa shape index (κ1) is 27.6. The Hall–Kier alpha value is -4.44. The first-order valence-electron chi connectivity index (χ1n) is 12.1. The quantitative estimate of drug-likeness (QED) is 0.260. The van der Waals surface area contributed by atoms with Crippen LogP contribution in [0.15, 0.2) is 79.9 Å². The van der Waals surface area contributed by atoms with E-state index in [1.54, 1.807) is 24.7 Å². The summed E-state index contributed by atoms with van der Waals surface area (Å²) in [6.07, 6.45) is 2.77. The number of anilines is 1. The molecule has 1 unspecified atom stereocenters. The maximum absolute atomic E-state index is 12.9. The molecule has 0 spiro atoms. The number of nitrogens with zero attached hydrogens (tertiary/aromatic N) is 4. The molecule has 10 heteroatoms. The standard InChI is InChI=1S/C26H22F3N5O.C3H4O/c1-34-9-7-18(14-34)22-11-19(10-20-13-30-15-32-24(20)22)16-2-4-17(5-3-16)25(35)33-23-12-21(6-8-31-23)26(27,28)29;1-2-3-4/h2-6,8,10-13,15,18H,7,9,14H2,1H3,(H,31,33,35);2-3H,1H2. The Morgan fingerprint density at radius 3 is 2.49 bits per heavy atom. The number of alkyl halides is 3. The van der Waals surface area contributed by atoms with E-state index in [0.717, 1.165) is 59.9 Å². The average Bonchev–Trinajstić information content (AvgIpc) is 3.38. The Balaban J connectivity index is 0.000000826. The number of nitrogens with one attached hydrogen (secondary N) is 1. The molecule has 5 rings (SSSR count). The maximum Gasteiger partial charge on any atom is 0.416 e. The Labute approximate surface area is 223 Å². The molecular weight excluding hydrogens is 507 g/mol. The van der Waals surface area contributed by atoms with Crippen molar-refractivity contribution < 1.29 is 22.8 Å². The second-order valence-electron chi connectivity index (χ2n) is 9.10. The van der Waals surface area contributed by atoms with Gasteiger partial charge in [0.15, 0.2) is 0 Å². The first-order valence-corrected chi connectivity index (χ1v) is 12.1. The van der Waals surface area contributed by atoms with Crippen molar-refractivity contribution >= 4 is 28.9 Å². The van der Waals surface area contributed by atoms with Crippen LogP contribution in [0.1, 0.15) is 33.8 Å². The number of rotatable bonds is 5. The zero-order valence-electron chi connectivity index (χ0n) is 21.2. The van der Waals surface area contributed by atoms with Crippen LogP contribution in [0.25, 0.3) is 22.0 Å². The number of fused-ring (bicyclic) bond motifs is 1. The van der Waals surface area contributed by atoms with E-state index in [-0.39, 0.29) is 5.82 Å². The zero-order valence-corrected chi connectivity index (χ0v) is 21.2. The lowest BCUT2D eigenvalue weighted by molar-refractivity contribution is -0.137. The van der Waals surface area contributed by atoms with E-state index in [1.165, 1.54) is 11.6 Å². The molecule has 7 nitrogen and oxygen atoms in total. The molecule has 1 aliphatic heterocycles. The predicted molar refractivity (Wildman–Crippen MR) is 143 cm³/mol. The van der Waals surface area contributed by atoms with Gasteiger partial charge in [0.05, 0.1) is 11.1 Å². The summed E-state index contributed by atoms with van der Waals surface area (Å²) < 4.78 is 38.8. The number of hydrogen-bond acceptors (Lipinski definition) is 6. The number of allylic oxidation sites excluding steroid dienone is 1. The number of aromatic nitrogens is 3. The number of likely N-dealkylation sites (tertiary alicyclic amines) is 1. The molecule has 1 aliphatic rings. The van der Waals surface area contributed by atoms with E-state index < -0.39 is 17.6 Å². The number of pyridine rings is 1. The molecule has 39 heavy (non-hydrogen) atoms. The van der Waals surface area contributed by atoms with E-state index in [0.29, 0.717) is 17.8 Å². The summed E-state index contributed by atoms with van der Waals surface area (Å²) in [5.41, 5.74) is 3.48. The third kappa shape index (κ3) is 6.71. The third-order valence-electron chi connectivity index (χ3n) is 6.37. The molecule has 0 saturated carbocycles. The number of aldehydes is 1. The molecule has 200 valence electrons. The number of halogens is 3. The van der Waals surface area contributed by atoms with Crippen LogP contribution in [0.3, 0.4) is 0 Å². The second-order valence-corrected chi connectivity index (χ2v) is 9.10. The van der Waals surface area contributed by atoms with Gasteiger partial charge in [0.1, 0.15) is 18.4 Å². The van der Waals surface area contributed by atoms with Crippen molar-refractivity contribution in [3.8, 4) is 11.1 Å². The van der Waals surface area contributed by atoms with E-state index in [2.05, 4.69) is 44.9 Å². The van der Waals surface area contributed by atoms with E-state index in [1.807, 2.05) is 18.2 Å². The fourth-order valence-corrected chi connectivity index (χ4v) is 4.48. The number of carbonyl (C=O) groups excluding carboxylic acids is 2. The lowest BCUT2D eigenvalue weighted by atomic mass is 9.91. The molecular formula is C29H26F3N5O2. The number of amides is 1. The Kier molecular flexibility index (Phi) is 8.46. The van der Waals surface area contributed by atoms with Gasteiger partial charge in [0, 0.05) is 29.9 Å². The van der Waals surface area contributed by atoms with Gasteiger partial charge < -0.3 is 10.2 Å². The lowest BCUT2D eigenvalue weighted by Gasteiger charge is -2.15. The number of likely N-dealkylation sites (N-methyl/N-ethyl adjacent to an activating group) is 1. The molecule has 0 bridgehead atoms. The minimum atomic E-state index is -4.51. The molecule has 1 N–H and O–H groups in total. The minimum Gasteiger partial charge on any atom is -0.307 e. The lowest BCUT2D eigenvalue weighted by Crippen LogP contribution is -2.14. The Bertz CT molecular complexity index is 1480. The van der Waals surface area contributed by atoms with Crippen molar-refractivity contribution in [1.82, 2.24) is 19.9 Å². The molecule has 4 aromatic rings. The molecule has 2 aromatic carbocycles. The van der Waals surface area contributed by atoms with E-state index >= 15 is 0 Å². The van der Waals surface area contributed by atoms with Crippen LogP contribution >= 0.6 is 0 Å². The first-order chi connectivity index (χ1) is 18.7. The zero-order chi connectivity index (χ0) is 28.0. The van der Waals surface area contributed by atoms with Crippen molar-refractivity contribution in [2.45, 2.75) is 18.5 Å². The predicted octanol–water partition coefficient (Wildman–Crippen LogP) is 5.75. The van der Waals surface area contributed by atoms with Gasteiger partial charge in [0.25, 0.3) is 5.91 Å². The van der Waals surface area contributed by atoms with Crippen LogP contribution in [-0.4, -0.2) is 52.2 Å². The van der Waals surface area contributed by atoms with Gasteiger partial charge in [-0.05, 0) is 85.1 Å². The van der Waals surface area contributed by atoms with Gasteiger partial charge in [-0.15, -0.1) is 0 Å². The molecule has 0 radical (unpaired) electrons. The summed E-state index contributed by atoms with van der Waals surface area (Å²) in [6, 6.07) is 12.8. The number of benzene rings is 2. The smallest absolute Gasteiger partial charge is 0.307 e. The highest BCUT2D eigenvalue weighted by molar-refractivity contribution is 6.04.